The first-order valence-corrected chi connectivity index (χ1v) is 13.3. The summed E-state index contributed by atoms with van der Waals surface area (Å²) >= 11 is 3.56. The van der Waals surface area contributed by atoms with Gasteiger partial charge in [0.1, 0.15) is 6.73 Å². The number of halogens is 1. The van der Waals surface area contributed by atoms with E-state index in [0.29, 0.717) is 6.73 Å². The van der Waals surface area contributed by atoms with Crippen LogP contribution in [-0.4, -0.2) is 29.4 Å². The summed E-state index contributed by atoms with van der Waals surface area (Å²) in [5.41, 5.74) is 2.90. The van der Waals surface area contributed by atoms with Crippen LogP contribution in [0.25, 0.3) is 23.1 Å². The van der Waals surface area contributed by atoms with Crippen LogP contribution in [0.5, 0.6) is 0 Å². The first kappa shape index (κ1) is 19.0. The number of rotatable bonds is 7. The van der Waals surface area contributed by atoms with Gasteiger partial charge in [0.2, 0.25) is 0 Å². The van der Waals surface area contributed by atoms with Crippen molar-refractivity contribution in [2.75, 3.05) is 6.61 Å². The molecule has 0 fully saturated rings. The molecule has 2 heterocycles. The zero-order valence-corrected chi connectivity index (χ0v) is 18.0. The van der Waals surface area contributed by atoms with Gasteiger partial charge in [-0.3, -0.25) is 4.98 Å². The van der Waals surface area contributed by atoms with Crippen LogP contribution < -0.4 is 0 Å². The lowest BCUT2D eigenvalue weighted by molar-refractivity contribution is 0.0816. The monoisotopic (exact) mass is 429 g/mol. The minimum Gasteiger partial charge on any atom is -0.360 e. The third-order valence-corrected chi connectivity index (χ3v) is 6.25. The SMILES string of the molecule is C[Si](C)(C)CCOCn1nc(C=Cc2ccccn2)c2cc(Br)ccc21. The molecule has 1 aromatic carbocycles. The van der Waals surface area contributed by atoms with E-state index in [1.807, 2.05) is 41.1 Å². The van der Waals surface area contributed by atoms with E-state index in [4.69, 9.17) is 9.84 Å². The highest BCUT2D eigenvalue weighted by Crippen LogP contribution is 2.24. The molecular formula is C20H24BrN3OSi. The van der Waals surface area contributed by atoms with E-state index in [-0.39, 0.29) is 0 Å². The van der Waals surface area contributed by atoms with E-state index >= 15 is 0 Å². The van der Waals surface area contributed by atoms with Crippen LogP contribution in [0.3, 0.4) is 0 Å². The number of benzene rings is 1. The summed E-state index contributed by atoms with van der Waals surface area (Å²) in [6.07, 6.45) is 5.79. The van der Waals surface area contributed by atoms with Gasteiger partial charge in [-0.15, -0.1) is 0 Å². The average molecular weight is 430 g/mol. The van der Waals surface area contributed by atoms with Crippen LogP contribution in [-0.2, 0) is 11.5 Å². The van der Waals surface area contributed by atoms with Crippen LogP contribution in [0.1, 0.15) is 11.4 Å². The average Bonchev–Trinajstić information content (AvgIpc) is 2.94. The molecule has 136 valence electrons. The molecule has 4 nitrogen and oxygen atoms in total. The van der Waals surface area contributed by atoms with Gasteiger partial charge in [-0.05, 0) is 48.5 Å². The van der Waals surface area contributed by atoms with Crippen molar-refractivity contribution in [1.82, 2.24) is 14.8 Å². The summed E-state index contributed by atoms with van der Waals surface area (Å²) in [4.78, 5) is 4.33. The highest BCUT2D eigenvalue weighted by Gasteiger charge is 2.13. The minimum absolute atomic E-state index is 0.472. The Morgan fingerprint density at radius 2 is 2.00 bits per heavy atom. The van der Waals surface area contributed by atoms with E-state index in [2.05, 4.69) is 52.7 Å². The maximum absolute atomic E-state index is 5.90. The van der Waals surface area contributed by atoms with E-state index in [0.717, 1.165) is 39.4 Å². The normalized spacial score (nSPS) is 12.3. The first-order valence-electron chi connectivity index (χ1n) is 8.75. The maximum Gasteiger partial charge on any atom is 0.140 e. The van der Waals surface area contributed by atoms with Gasteiger partial charge < -0.3 is 4.74 Å². The van der Waals surface area contributed by atoms with Gasteiger partial charge in [-0.25, -0.2) is 4.68 Å². The molecule has 2 aromatic heterocycles. The van der Waals surface area contributed by atoms with Crippen LogP contribution in [0, 0.1) is 0 Å². The standard InChI is InChI=1S/C20H24BrN3OSi/c1-26(2,3)13-12-25-15-24-20-10-7-16(21)14-18(20)19(23-24)9-8-17-6-4-5-11-22-17/h4-11,14H,12-13,15H2,1-3H3. The van der Waals surface area contributed by atoms with Crippen molar-refractivity contribution in [3.8, 4) is 0 Å². The topological polar surface area (TPSA) is 39.9 Å². The lowest BCUT2D eigenvalue weighted by atomic mass is 10.2. The molecule has 26 heavy (non-hydrogen) atoms. The van der Waals surface area contributed by atoms with Crippen molar-refractivity contribution in [2.24, 2.45) is 0 Å². The summed E-state index contributed by atoms with van der Waals surface area (Å²) in [5.74, 6) is 0. The van der Waals surface area contributed by atoms with Crippen molar-refractivity contribution < 1.29 is 4.74 Å². The lowest BCUT2D eigenvalue weighted by Gasteiger charge is -2.15. The Morgan fingerprint density at radius 1 is 1.15 bits per heavy atom. The molecule has 0 spiro atoms. The molecule has 0 bridgehead atoms. The molecule has 0 saturated carbocycles. The molecular weight excluding hydrogens is 406 g/mol. The number of ether oxygens (including phenoxy) is 1. The quantitative estimate of drug-likeness (QED) is 0.358. The van der Waals surface area contributed by atoms with Gasteiger partial charge in [-0.2, -0.15) is 5.10 Å². The summed E-state index contributed by atoms with van der Waals surface area (Å²) in [5, 5.41) is 5.84. The smallest absolute Gasteiger partial charge is 0.140 e. The van der Waals surface area contributed by atoms with Crippen LogP contribution in [0.15, 0.2) is 47.1 Å². The molecule has 0 N–H and O–H groups in total. The first-order chi connectivity index (χ1) is 12.4. The fourth-order valence-corrected chi connectivity index (χ4v) is 3.68. The van der Waals surface area contributed by atoms with Gasteiger partial charge >= 0.3 is 0 Å². The van der Waals surface area contributed by atoms with Crippen molar-refractivity contribution in [3.05, 3.63) is 58.5 Å². The Labute approximate surface area is 164 Å². The van der Waals surface area contributed by atoms with Crippen molar-refractivity contribution in [2.45, 2.75) is 32.4 Å². The fraction of sp³-hybridized carbons (Fsp3) is 0.300. The van der Waals surface area contributed by atoms with Crippen LogP contribution in [0.4, 0.5) is 0 Å². The summed E-state index contributed by atoms with van der Waals surface area (Å²) < 4.78 is 8.87. The van der Waals surface area contributed by atoms with Gasteiger partial charge in [0.05, 0.1) is 16.9 Å². The number of nitrogens with zero attached hydrogens (tertiary/aromatic N) is 3. The predicted octanol–water partition coefficient (Wildman–Crippen LogP) is 5.68. The third-order valence-electron chi connectivity index (χ3n) is 4.05. The number of hydrogen-bond donors (Lipinski definition) is 0. The lowest BCUT2D eigenvalue weighted by Crippen LogP contribution is -2.22. The van der Waals surface area contributed by atoms with Gasteiger partial charge in [0, 0.05) is 30.7 Å². The fourth-order valence-electron chi connectivity index (χ4n) is 2.57. The second kappa shape index (κ2) is 8.29. The molecule has 0 radical (unpaired) electrons. The molecule has 0 aliphatic heterocycles. The highest BCUT2D eigenvalue weighted by molar-refractivity contribution is 9.10. The zero-order valence-electron chi connectivity index (χ0n) is 15.4. The maximum atomic E-state index is 5.90. The number of hydrogen-bond acceptors (Lipinski definition) is 3. The van der Waals surface area contributed by atoms with Gasteiger partial charge in [-0.1, -0.05) is 41.6 Å². The molecule has 0 aliphatic rings. The summed E-state index contributed by atoms with van der Waals surface area (Å²) in [7, 11) is -1.08. The van der Waals surface area contributed by atoms with E-state index in [9.17, 15) is 0 Å². The summed E-state index contributed by atoms with van der Waals surface area (Å²) in [6, 6.07) is 13.2. The number of fused-ring (bicyclic) bond motifs is 1. The second-order valence-electron chi connectivity index (χ2n) is 7.48. The van der Waals surface area contributed by atoms with E-state index in [1.165, 1.54) is 0 Å². The molecule has 0 atom stereocenters. The van der Waals surface area contributed by atoms with E-state index < -0.39 is 8.07 Å². The van der Waals surface area contributed by atoms with Crippen LogP contribution in [0.2, 0.25) is 25.7 Å². The predicted molar refractivity (Wildman–Crippen MR) is 115 cm³/mol. The molecule has 0 saturated heterocycles. The van der Waals surface area contributed by atoms with Crippen LogP contribution >= 0.6 is 15.9 Å². The molecule has 3 rings (SSSR count). The molecule has 0 aliphatic carbocycles. The molecule has 0 amide bonds. The van der Waals surface area contributed by atoms with Crippen molar-refractivity contribution in [1.29, 1.82) is 0 Å². The second-order valence-corrected chi connectivity index (χ2v) is 14.0. The Hall–Kier alpha value is -1.76. The van der Waals surface area contributed by atoms with Gasteiger partial charge in [0.25, 0.3) is 0 Å². The minimum atomic E-state index is -1.08. The molecule has 6 heteroatoms. The zero-order chi connectivity index (χ0) is 18.6. The number of aromatic nitrogens is 3. The Morgan fingerprint density at radius 3 is 2.73 bits per heavy atom. The third kappa shape index (κ3) is 5.12. The number of pyridine rings is 1. The Bertz CT molecular complexity index is 901. The molecule has 0 unspecified atom stereocenters. The summed E-state index contributed by atoms with van der Waals surface area (Å²) in [6.45, 7) is 8.33. The highest BCUT2D eigenvalue weighted by atomic mass is 79.9. The van der Waals surface area contributed by atoms with Gasteiger partial charge in [0.15, 0.2) is 0 Å². The van der Waals surface area contributed by atoms with E-state index in [1.54, 1.807) is 6.20 Å². The largest absolute Gasteiger partial charge is 0.360 e. The van der Waals surface area contributed by atoms with Crippen molar-refractivity contribution in [3.63, 3.8) is 0 Å². The van der Waals surface area contributed by atoms with Crippen molar-refractivity contribution >= 4 is 47.1 Å². The Balaban J connectivity index is 1.82. The Kier molecular flexibility index (Phi) is 6.06. The molecule has 3 aromatic rings.